The maximum atomic E-state index is 13.4. The van der Waals surface area contributed by atoms with Gasteiger partial charge in [0.1, 0.15) is 11.8 Å². The summed E-state index contributed by atoms with van der Waals surface area (Å²) in [5, 5.41) is 0. The highest BCUT2D eigenvalue weighted by molar-refractivity contribution is 6.30. The lowest BCUT2D eigenvalue weighted by atomic mass is 10.00. The summed E-state index contributed by atoms with van der Waals surface area (Å²) in [5.74, 6) is 0.639. The number of carbonyl (C=O) groups is 1. The third kappa shape index (κ3) is 2.95. The van der Waals surface area contributed by atoms with Gasteiger partial charge in [0, 0.05) is 11.4 Å². The summed E-state index contributed by atoms with van der Waals surface area (Å²) in [6.45, 7) is 0. The molecule has 4 rings (SSSR count). The summed E-state index contributed by atoms with van der Waals surface area (Å²) in [4.78, 5) is 15.2. The first kappa shape index (κ1) is 16.9. The molecule has 0 radical (unpaired) electrons. The molecule has 4 heteroatoms. The van der Waals surface area contributed by atoms with E-state index in [4.69, 9.17) is 10.5 Å². The Hall–Kier alpha value is -3.53. The monoisotopic (exact) mass is 356 g/mol. The number of rotatable bonds is 4. The molecule has 0 saturated heterocycles. The number of nitrogens with zero attached hydrogens (tertiary/aromatic N) is 1. The molecule has 3 aromatic rings. The molecule has 1 amide bonds. The van der Waals surface area contributed by atoms with Crippen LogP contribution in [0.2, 0.25) is 0 Å². The third-order valence-electron chi connectivity index (χ3n) is 4.80. The number of anilines is 1. The minimum absolute atomic E-state index is 0.0993. The van der Waals surface area contributed by atoms with Crippen LogP contribution in [0.3, 0.4) is 0 Å². The van der Waals surface area contributed by atoms with Crippen molar-refractivity contribution in [3.8, 4) is 5.75 Å². The first-order valence-electron chi connectivity index (χ1n) is 8.78. The van der Waals surface area contributed by atoms with Crippen LogP contribution in [-0.2, 0) is 4.79 Å². The van der Waals surface area contributed by atoms with Crippen LogP contribution in [0.5, 0.6) is 5.75 Å². The maximum Gasteiger partial charge on any atom is 0.261 e. The van der Waals surface area contributed by atoms with E-state index in [-0.39, 0.29) is 11.9 Å². The molecule has 27 heavy (non-hydrogen) atoms. The summed E-state index contributed by atoms with van der Waals surface area (Å²) in [5.41, 5.74) is 10.2. The maximum absolute atomic E-state index is 13.4. The molecule has 134 valence electrons. The molecule has 1 heterocycles. The number of nitrogens with two attached hydrogens (primary N) is 1. The fourth-order valence-corrected chi connectivity index (χ4v) is 3.50. The van der Waals surface area contributed by atoms with Crippen molar-refractivity contribution < 1.29 is 9.53 Å². The molecule has 0 fully saturated rings. The van der Waals surface area contributed by atoms with E-state index < -0.39 is 0 Å². The number of hydrogen-bond acceptors (Lipinski definition) is 3. The zero-order chi connectivity index (χ0) is 18.8. The van der Waals surface area contributed by atoms with Crippen molar-refractivity contribution in [2.75, 3.05) is 12.0 Å². The van der Waals surface area contributed by atoms with Crippen molar-refractivity contribution >= 4 is 17.2 Å². The van der Waals surface area contributed by atoms with E-state index in [1.54, 1.807) is 12.0 Å². The van der Waals surface area contributed by atoms with Gasteiger partial charge in [-0.1, -0.05) is 60.7 Å². The Morgan fingerprint density at radius 3 is 2.04 bits per heavy atom. The molecule has 1 atom stereocenters. The van der Waals surface area contributed by atoms with Crippen LogP contribution >= 0.6 is 0 Å². The molecule has 0 spiro atoms. The number of methoxy groups -OCH3 is 1. The number of hydrogen-bond donors (Lipinski definition) is 1. The summed E-state index contributed by atoms with van der Waals surface area (Å²) in [6.07, 6.45) is 0. The van der Waals surface area contributed by atoms with Crippen molar-refractivity contribution in [1.29, 1.82) is 0 Å². The lowest BCUT2D eigenvalue weighted by Gasteiger charge is -2.26. The fourth-order valence-electron chi connectivity index (χ4n) is 3.50. The predicted octanol–water partition coefficient (Wildman–Crippen LogP) is 4.15. The van der Waals surface area contributed by atoms with Crippen LogP contribution in [0.1, 0.15) is 17.2 Å². The zero-order valence-corrected chi connectivity index (χ0v) is 15.0. The van der Waals surface area contributed by atoms with E-state index in [9.17, 15) is 4.79 Å². The minimum Gasteiger partial charge on any atom is -0.497 e. The van der Waals surface area contributed by atoms with E-state index in [0.29, 0.717) is 11.3 Å². The quantitative estimate of drug-likeness (QED) is 0.764. The molecular formula is C23H20N2O2. The highest BCUT2D eigenvalue weighted by Crippen LogP contribution is 2.42. The molecule has 0 saturated carbocycles. The average molecular weight is 356 g/mol. The molecule has 1 aliphatic rings. The molecule has 0 bridgehead atoms. The Morgan fingerprint density at radius 2 is 1.44 bits per heavy atom. The number of para-hydroxylation sites is 1. The Bertz CT molecular complexity index is 980. The van der Waals surface area contributed by atoms with Gasteiger partial charge in [-0.05, 0) is 35.4 Å². The highest BCUT2D eigenvalue weighted by atomic mass is 16.5. The van der Waals surface area contributed by atoms with Gasteiger partial charge in [-0.3, -0.25) is 9.69 Å². The van der Waals surface area contributed by atoms with Gasteiger partial charge in [0.25, 0.3) is 5.91 Å². The van der Waals surface area contributed by atoms with E-state index in [1.165, 1.54) is 0 Å². The lowest BCUT2D eigenvalue weighted by molar-refractivity contribution is -0.113. The van der Waals surface area contributed by atoms with Crippen LogP contribution in [0, 0.1) is 0 Å². The molecule has 3 aromatic carbocycles. The van der Waals surface area contributed by atoms with Crippen LogP contribution in [0.25, 0.3) is 5.57 Å². The number of ether oxygens (including phenoxy) is 1. The number of benzene rings is 3. The topological polar surface area (TPSA) is 55.6 Å². The average Bonchev–Trinajstić information content (AvgIpc) is 2.99. The zero-order valence-electron chi connectivity index (χ0n) is 15.0. The predicted molar refractivity (Wildman–Crippen MR) is 107 cm³/mol. The van der Waals surface area contributed by atoms with Crippen LogP contribution in [0.4, 0.5) is 5.69 Å². The molecule has 2 N–H and O–H groups in total. The Balaban J connectivity index is 1.85. The Morgan fingerprint density at radius 1 is 0.852 bits per heavy atom. The van der Waals surface area contributed by atoms with E-state index in [1.807, 2.05) is 84.9 Å². The second-order valence-corrected chi connectivity index (χ2v) is 6.38. The van der Waals surface area contributed by atoms with Crippen LogP contribution < -0.4 is 15.4 Å². The Kier molecular flexibility index (Phi) is 4.38. The van der Waals surface area contributed by atoms with Gasteiger partial charge in [0.15, 0.2) is 0 Å². The lowest BCUT2D eigenvalue weighted by Crippen LogP contribution is -2.30. The smallest absolute Gasteiger partial charge is 0.261 e. The van der Waals surface area contributed by atoms with Gasteiger partial charge in [-0.25, -0.2) is 0 Å². The standard InChI is InChI=1S/C23H20N2O2/c1-27-19-14-12-16(13-15-19)20-21(24)22(17-8-4-2-5-9-17)25(23(20)26)18-10-6-3-7-11-18/h2-15,22H,24H2,1H3. The van der Waals surface area contributed by atoms with Crippen molar-refractivity contribution in [3.05, 3.63) is 102 Å². The first-order chi connectivity index (χ1) is 13.2. The first-order valence-corrected chi connectivity index (χ1v) is 8.78. The van der Waals surface area contributed by atoms with Crippen molar-refractivity contribution in [2.45, 2.75) is 6.04 Å². The minimum atomic E-state index is -0.335. The van der Waals surface area contributed by atoms with E-state index >= 15 is 0 Å². The van der Waals surface area contributed by atoms with Crippen molar-refractivity contribution in [2.24, 2.45) is 5.73 Å². The number of amides is 1. The van der Waals surface area contributed by atoms with Crippen molar-refractivity contribution in [3.63, 3.8) is 0 Å². The van der Waals surface area contributed by atoms with Crippen LogP contribution in [0.15, 0.2) is 90.6 Å². The molecule has 4 nitrogen and oxygen atoms in total. The van der Waals surface area contributed by atoms with Gasteiger partial charge in [0.2, 0.25) is 0 Å². The van der Waals surface area contributed by atoms with Crippen molar-refractivity contribution in [1.82, 2.24) is 0 Å². The summed E-state index contributed by atoms with van der Waals surface area (Å²) >= 11 is 0. The van der Waals surface area contributed by atoms with Gasteiger partial charge < -0.3 is 10.5 Å². The van der Waals surface area contributed by atoms with Gasteiger partial charge in [0.05, 0.1) is 12.7 Å². The summed E-state index contributed by atoms with van der Waals surface area (Å²) in [7, 11) is 1.62. The van der Waals surface area contributed by atoms with Gasteiger partial charge in [-0.15, -0.1) is 0 Å². The molecule has 0 aromatic heterocycles. The summed E-state index contributed by atoms with van der Waals surface area (Å²) < 4.78 is 5.22. The van der Waals surface area contributed by atoms with Gasteiger partial charge >= 0.3 is 0 Å². The normalized spacial score (nSPS) is 16.7. The highest BCUT2D eigenvalue weighted by Gasteiger charge is 2.40. The van der Waals surface area contributed by atoms with E-state index in [2.05, 4.69) is 0 Å². The molecular weight excluding hydrogens is 336 g/mol. The largest absolute Gasteiger partial charge is 0.497 e. The molecule has 1 aliphatic heterocycles. The second-order valence-electron chi connectivity index (χ2n) is 6.38. The fraction of sp³-hybridized carbons (Fsp3) is 0.0870. The Labute approximate surface area is 158 Å². The molecule has 1 unspecified atom stereocenters. The SMILES string of the molecule is COc1ccc(C2=C(N)C(c3ccccc3)N(c3ccccc3)C2=O)cc1. The number of carbonyl (C=O) groups excluding carboxylic acids is 1. The molecule has 0 aliphatic carbocycles. The van der Waals surface area contributed by atoms with Gasteiger partial charge in [-0.2, -0.15) is 0 Å². The third-order valence-corrected chi connectivity index (χ3v) is 4.80. The van der Waals surface area contributed by atoms with Crippen LogP contribution in [-0.4, -0.2) is 13.0 Å². The summed E-state index contributed by atoms with van der Waals surface area (Å²) in [6, 6.07) is 26.6. The second kappa shape index (κ2) is 7.00. The van der Waals surface area contributed by atoms with E-state index in [0.717, 1.165) is 22.6 Å².